The predicted octanol–water partition coefficient (Wildman–Crippen LogP) is 0.833. The zero-order valence-electron chi connectivity index (χ0n) is 11.5. The Morgan fingerprint density at radius 1 is 1.53 bits per heavy atom. The van der Waals surface area contributed by atoms with E-state index in [-0.39, 0.29) is 5.91 Å². The molecule has 0 aromatic rings. The fourth-order valence-electron chi connectivity index (χ4n) is 2.54. The summed E-state index contributed by atoms with van der Waals surface area (Å²) < 4.78 is 0. The van der Waals surface area contributed by atoms with Crippen molar-refractivity contribution >= 4 is 5.91 Å². The van der Waals surface area contributed by atoms with Gasteiger partial charge in [-0.15, -0.1) is 0 Å². The van der Waals surface area contributed by atoms with Gasteiger partial charge in [0.1, 0.15) is 0 Å². The first-order valence-corrected chi connectivity index (χ1v) is 6.82. The van der Waals surface area contributed by atoms with Gasteiger partial charge in [0.25, 0.3) is 0 Å². The molecule has 1 aliphatic rings. The zero-order chi connectivity index (χ0) is 12.7. The van der Waals surface area contributed by atoms with Crippen molar-refractivity contribution in [1.29, 1.82) is 0 Å². The highest BCUT2D eigenvalue weighted by Crippen LogP contribution is 2.14. The Hall–Kier alpha value is -0.610. The van der Waals surface area contributed by atoms with Crippen LogP contribution < -0.4 is 10.6 Å². The molecule has 0 radical (unpaired) electrons. The summed E-state index contributed by atoms with van der Waals surface area (Å²) in [5.41, 5.74) is 0. The van der Waals surface area contributed by atoms with Crippen molar-refractivity contribution in [2.45, 2.75) is 39.2 Å². The van der Waals surface area contributed by atoms with Crippen molar-refractivity contribution in [1.82, 2.24) is 15.5 Å². The Morgan fingerprint density at radius 2 is 2.29 bits per heavy atom. The molecule has 0 spiro atoms. The second kappa shape index (κ2) is 7.67. The van der Waals surface area contributed by atoms with Gasteiger partial charge in [-0.25, -0.2) is 0 Å². The van der Waals surface area contributed by atoms with Crippen molar-refractivity contribution in [2.75, 3.05) is 33.2 Å². The molecule has 2 unspecified atom stereocenters. The fraction of sp³-hybridized carbons (Fsp3) is 0.923. The van der Waals surface area contributed by atoms with Crippen LogP contribution in [0.3, 0.4) is 0 Å². The third-order valence-corrected chi connectivity index (χ3v) is 3.36. The van der Waals surface area contributed by atoms with E-state index in [1.807, 2.05) is 7.05 Å². The average molecular weight is 241 g/mol. The number of hydrogen-bond acceptors (Lipinski definition) is 3. The second-order valence-corrected chi connectivity index (χ2v) is 5.20. The lowest BCUT2D eigenvalue weighted by atomic mass is 10.1. The van der Waals surface area contributed by atoms with Crippen LogP contribution in [0.5, 0.6) is 0 Å². The monoisotopic (exact) mass is 241 g/mol. The van der Waals surface area contributed by atoms with Crippen molar-refractivity contribution < 1.29 is 4.79 Å². The number of likely N-dealkylation sites (tertiary alicyclic amines) is 1. The van der Waals surface area contributed by atoms with Crippen molar-refractivity contribution in [3.8, 4) is 0 Å². The second-order valence-electron chi connectivity index (χ2n) is 5.20. The number of rotatable bonds is 7. The maximum Gasteiger partial charge on any atom is 0.234 e. The number of carbonyl (C=O) groups is 1. The smallest absolute Gasteiger partial charge is 0.234 e. The molecule has 17 heavy (non-hydrogen) atoms. The summed E-state index contributed by atoms with van der Waals surface area (Å²) in [6.45, 7) is 7.96. The van der Waals surface area contributed by atoms with Gasteiger partial charge in [-0.2, -0.15) is 0 Å². The van der Waals surface area contributed by atoms with E-state index in [9.17, 15) is 4.79 Å². The van der Waals surface area contributed by atoms with Gasteiger partial charge in [0, 0.05) is 12.6 Å². The largest absolute Gasteiger partial charge is 0.353 e. The standard InChI is InChI=1S/C13H27N3O/c1-4-5-11(2)15-13(17)10-16-7-6-12(9-16)8-14-3/h11-12,14H,4-10H2,1-3H3,(H,15,17). The van der Waals surface area contributed by atoms with Crippen LogP contribution in [0, 0.1) is 5.92 Å². The van der Waals surface area contributed by atoms with Gasteiger partial charge in [0.15, 0.2) is 0 Å². The van der Waals surface area contributed by atoms with E-state index in [2.05, 4.69) is 29.4 Å². The van der Waals surface area contributed by atoms with E-state index < -0.39 is 0 Å². The van der Waals surface area contributed by atoms with E-state index in [1.165, 1.54) is 6.42 Å². The molecule has 4 nitrogen and oxygen atoms in total. The van der Waals surface area contributed by atoms with Crippen molar-refractivity contribution in [3.63, 3.8) is 0 Å². The predicted molar refractivity (Wildman–Crippen MR) is 71.0 cm³/mol. The Kier molecular flexibility index (Phi) is 6.52. The van der Waals surface area contributed by atoms with Crippen LogP contribution in [0.4, 0.5) is 0 Å². The summed E-state index contributed by atoms with van der Waals surface area (Å²) in [7, 11) is 1.99. The SMILES string of the molecule is CCCC(C)NC(=O)CN1CCC(CNC)C1. The van der Waals surface area contributed by atoms with Crippen LogP contribution >= 0.6 is 0 Å². The third kappa shape index (κ3) is 5.50. The minimum absolute atomic E-state index is 0.177. The molecule has 1 saturated heterocycles. The quantitative estimate of drug-likeness (QED) is 0.694. The minimum atomic E-state index is 0.177. The van der Waals surface area contributed by atoms with Crippen molar-refractivity contribution in [3.05, 3.63) is 0 Å². The molecule has 1 fully saturated rings. The summed E-state index contributed by atoms with van der Waals surface area (Å²) >= 11 is 0. The highest BCUT2D eigenvalue weighted by molar-refractivity contribution is 5.78. The topological polar surface area (TPSA) is 44.4 Å². The molecular formula is C13H27N3O. The van der Waals surface area contributed by atoms with E-state index in [0.717, 1.165) is 32.5 Å². The minimum Gasteiger partial charge on any atom is -0.353 e. The molecule has 1 aliphatic heterocycles. The molecule has 2 atom stereocenters. The molecular weight excluding hydrogens is 214 g/mol. The van der Waals surface area contributed by atoms with Crippen LogP contribution in [0.15, 0.2) is 0 Å². The average Bonchev–Trinajstić information content (AvgIpc) is 2.66. The van der Waals surface area contributed by atoms with Gasteiger partial charge >= 0.3 is 0 Å². The maximum absolute atomic E-state index is 11.8. The van der Waals surface area contributed by atoms with E-state index in [0.29, 0.717) is 18.5 Å². The first-order valence-electron chi connectivity index (χ1n) is 6.82. The fourth-order valence-corrected chi connectivity index (χ4v) is 2.54. The molecule has 0 bridgehead atoms. The van der Waals surface area contributed by atoms with Gasteiger partial charge in [0.2, 0.25) is 5.91 Å². The lowest BCUT2D eigenvalue weighted by Crippen LogP contribution is -2.40. The summed E-state index contributed by atoms with van der Waals surface area (Å²) in [5.74, 6) is 0.886. The van der Waals surface area contributed by atoms with Gasteiger partial charge in [-0.05, 0) is 45.8 Å². The number of amides is 1. The number of carbonyl (C=O) groups excluding carboxylic acids is 1. The van der Waals surface area contributed by atoms with Crippen LogP contribution in [-0.2, 0) is 4.79 Å². The molecule has 0 aromatic carbocycles. The number of nitrogens with zero attached hydrogens (tertiary/aromatic N) is 1. The normalized spacial score (nSPS) is 22.6. The van der Waals surface area contributed by atoms with Crippen molar-refractivity contribution in [2.24, 2.45) is 5.92 Å². The third-order valence-electron chi connectivity index (χ3n) is 3.36. The van der Waals surface area contributed by atoms with Crippen LogP contribution in [0.2, 0.25) is 0 Å². The Balaban J connectivity index is 2.19. The van der Waals surface area contributed by atoms with Crippen LogP contribution in [0.1, 0.15) is 33.1 Å². The molecule has 0 saturated carbocycles. The molecule has 0 aromatic heterocycles. The van der Waals surface area contributed by atoms with Gasteiger partial charge in [0.05, 0.1) is 6.54 Å². The lowest BCUT2D eigenvalue weighted by molar-refractivity contribution is -0.122. The van der Waals surface area contributed by atoms with E-state index >= 15 is 0 Å². The summed E-state index contributed by atoms with van der Waals surface area (Å²) in [6, 6.07) is 0.309. The van der Waals surface area contributed by atoms with E-state index in [4.69, 9.17) is 0 Å². The van der Waals surface area contributed by atoms with Crippen LogP contribution in [-0.4, -0.2) is 50.1 Å². The highest BCUT2D eigenvalue weighted by atomic mass is 16.2. The first kappa shape index (κ1) is 14.5. The Labute approximate surface area is 105 Å². The molecule has 1 rings (SSSR count). The maximum atomic E-state index is 11.8. The molecule has 1 heterocycles. The summed E-state index contributed by atoms with van der Waals surface area (Å²) in [4.78, 5) is 14.0. The highest BCUT2D eigenvalue weighted by Gasteiger charge is 2.23. The summed E-state index contributed by atoms with van der Waals surface area (Å²) in [6.07, 6.45) is 3.39. The Bertz CT molecular complexity index is 233. The molecule has 1 amide bonds. The van der Waals surface area contributed by atoms with E-state index in [1.54, 1.807) is 0 Å². The van der Waals surface area contributed by atoms with Crippen LogP contribution in [0.25, 0.3) is 0 Å². The van der Waals surface area contributed by atoms with Gasteiger partial charge < -0.3 is 10.6 Å². The lowest BCUT2D eigenvalue weighted by Gasteiger charge is -2.18. The number of hydrogen-bond donors (Lipinski definition) is 2. The zero-order valence-corrected chi connectivity index (χ0v) is 11.5. The Morgan fingerprint density at radius 3 is 2.94 bits per heavy atom. The number of nitrogens with one attached hydrogen (secondary N) is 2. The molecule has 2 N–H and O–H groups in total. The molecule has 4 heteroatoms. The first-order chi connectivity index (χ1) is 8.15. The molecule has 100 valence electrons. The van der Waals surface area contributed by atoms with Gasteiger partial charge in [-0.3, -0.25) is 9.69 Å². The molecule has 0 aliphatic carbocycles. The summed E-state index contributed by atoms with van der Waals surface area (Å²) in [5, 5.41) is 6.26. The van der Waals surface area contributed by atoms with Gasteiger partial charge in [-0.1, -0.05) is 13.3 Å².